The van der Waals surface area contributed by atoms with Gasteiger partial charge in [0.1, 0.15) is 0 Å². The van der Waals surface area contributed by atoms with Gasteiger partial charge in [-0.2, -0.15) is 5.26 Å². The van der Waals surface area contributed by atoms with E-state index in [0.29, 0.717) is 0 Å². The zero-order valence-electron chi connectivity index (χ0n) is 9.12. The van der Waals surface area contributed by atoms with E-state index in [1.165, 1.54) is 6.19 Å². The average Bonchev–Trinajstić information content (AvgIpc) is 2.15. The van der Waals surface area contributed by atoms with E-state index in [0.717, 1.165) is 0 Å². The lowest BCUT2D eigenvalue weighted by Gasteiger charge is -2.24. The van der Waals surface area contributed by atoms with Crippen molar-refractivity contribution in [1.82, 2.24) is 0 Å². The van der Waals surface area contributed by atoms with E-state index < -0.39 is 18.8 Å². The van der Waals surface area contributed by atoms with Gasteiger partial charge >= 0.3 is 7.82 Å². The van der Waals surface area contributed by atoms with Crippen molar-refractivity contribution in [3.63, 3.8) is 0 Å². The Balaban J connectivity index is -0.000000207. The first-order chi connectivity index (χ1) is 7.46. The predicted octanol–water partition coefficient (Wildman–Crippen LogP) is 0.238. The highest BCUT2D eigenvalue weighted by molar-refractivity contribution is 7.45. The molecule has 0 aliphatic rings. The maximum Gasteiger partial charge on any atom is 0.466 e. The minimum atomic E-state index is -4.64. The summed E-state index contributed by atoms with van der Waals surface area (Å²) in [5, 5.41) is 15.8. The van der Waals surface area contributed by atoms with Gasteiger partial charge in [0.05, 0.1) is 18.5 Å². The van der Waals surface area contributed by atoms with Crippen LogP contribution in [-0.2, 0) is 8.85 Å². The molecule has 17 heavy (non-hydrogen) atoms. The van der Waals surface area contributed by atoms with Crippen LogP contribution >= 0.6 is 31.3 Å². The Morgan fingerprint density at radius 3 is 1.82 bits per heavy atom. The van der Waals surface area contributed by atoms with Gasteiger partial charge < -0.3 is 25.5 Å². The van der Waals surface area contributed by atoms with Gasteiger partial charge in [0.2, 0.25) is 0 Å². The highest BCUT2D eigenvalue weighted by Gasteiger charge is 2.27. The van der Waals surface area contributed by atoms with Crippen molar-refractivity contribution in [2.75, 3.05) is 6.61 Å². The maximum atomic E-state index is 8.88. The summed E-state index contributed by atoms with van der Waals surface area (Å²) in [4.78, 5) is 21.6. The Hall–Kier alpha value is -0.100. The predicted molar refractivity (Wildman–Crippen MR) is 61.5 cm³/mol. The quantitative estimate of drug-likeness (QED) is 0.214. The fourth-order valence-electron chi connectivity index (χ4n) is 0.192. The molecule has 0 aliphatic heterocycles. The Bertz CT molecular complexity index is 257. The molecule has 0 saturated carbocycles. The van der Waals surface area contributed by atoms with E-state index in [9.17, 15) is 0 Å². The number of phosphoric acid groups is 1. The lowest BCUT2D eigenvalue weighted by Crippen LogP contribution is -2.28. The van der Waals surface area contributed by atoms with E-state index in [4.69, 9.17) is 53.1 Å². The molecule has 6 N–H and O–H groups in total. The first kappa shape index (κ1) is 22.1. The number of alkyl halides is 1. The molecule has 1 atom stereocenters. The molecule has 0 aromatic rings. The van der Waals surface area contributed by atoms with Crippen molar-refractivity contribution < 1.29 is 28.6 Å². The summed E-state index contributed by atoms with van der Waals surface area (Å²) in [5.74, 6) is 0. The lowest BCUT2D eigenvalue weighted by atomic mass is 9.96. The zero-order chi connectivity index (χ0) is 14.7. The number of hydrogen-bond acceptors (Lipinski definition) is 5. The van der Waals surface area contributed by atoms with Crippen molar-refractivity contribution in [2.24, 2.45) is 11.1 Å². The van der Waals surface area contributed by atoms with Crippen LogP contribution in [0.15, 0.2) is 0 Å². The summed E-state index contributed by atoms with van der Waals surface area (Å²) in [6.07, 6.45) is 1.25. The molecule has 104 valence electrons. The van der Waals surface area contributed by atoms with Crippen LogP contribution in [0.1, 0.15) is 13.8 Å². The van der Waals surface area contributed by atoms with Crippen LogP contribution in [0.5, 0.6) is 0 Å². The Labute approximate surface area is 109 Å². The van der Waals surface area contributed by atoms with Crippen LogP contribution in [0, 0.1) is 16.9 Å². The van der Waals surface area contributed by atoms with E-state index in [2.05, 4.69) is 10.0 Å². The van der Waals surface area contributed by atoms with Gasteiger partial charge in [-0.05, 0) is 0 Å². The topological polar surface area (TPSA) is 157 Å². The van der Waals surface area contributed by atoms with Crippen LogP contribution in [0.3, 0.4) is 0 Å². The molecule has 0 bridgehead atoms. The molecule has 1 unspecified atom stereocenters. The molecule has 0 saturated heterocycles. The second-order valence-electron chi connectivity index (χ2n) is 3.19. The number of aliphatic hydroxyl groups excluding tert-OH is 1. The van der Waals surface area contributed by atoms with Gasteiger partial charge in [-0.3, -0.25) is 4.29 Å². The molecular formula is C6H15Cl2N2O6P. The van der Waals surface area contributed by atoms with Gasteiger partial charge in [-0.1, -0.05) is 25.4 Å². The number of nitriles is 1. The fraction of sp³-hybridized carbons (Fsp3) is 0.833. The summed E-state index contributed by atoms with van der Waals surface area (Å²) in [5.41, 5.74) is 3.02. The van der Waals surface area contributed by atoms with Crippen LogP contribution in [0.25, 0.3) is 0 Å². The van der Waals surface area contributed by atoms with E-state index in [1.807, 2.05) is 0 Å². The van der Waals surface area contributed by atoms with Crippen LogP contribution in [0.2, 0.25) is 0 Å². The number of hydrogen-bond donors (Lipinski definition) is 5. The molecular weight excluding hydrogens is 298 g/mol. The SMILES string of the molecule is CC(C)(CO)C(Cl)OCl.N#CN.O=P(O)(O)O. The lowest BCUT2D eigenvalue weighted by molar-refractivity contribution is 0.0789. The number of halogens is 2. The van der Waals surface area contributed by atoms with Crippen LogP contribution < -0.4 is 5.73 Å². The molecule has 0 fully saturated rings. The monoisotopic (exact) mass is 312 g/mol. The normalized spacial score (nSPS) is 12.2. The van der Waals surface area contributed by atoms with Crippen molar-refractivity contribution in [3.05, 3.63) is 0 Å². The molecule has 0 rings (SSSR count). The fourth-order valence-corrected chi connectivity index (χ4v) is 0.503. The minimum absolute atomic E-state index is 0.0477. The number of rotatable bonds is 3. The summed E-state index contributed by atoms with van der Waals surface area (Å²) in [7, 11) is -4.64. The van der Waals surface area contributed by atoms with Crippen molar-refractivity contribution >= 4 is 31.3 Å². The van der Waals surface area contributed by atoms with Crippen LogP contribution in [-0.4, -0.2) is 32.0 Å². The largest absolute Gasteiger partial charge is 0.466 e. The van der Waals surface area contributed by atoms with E-state index >= 15 is 0 Å². The maximum absolute atomic E-state index is 8.88. The third-order valence-electron chi connectivity index (χ3n) is 1.10. The second kappa shape index (κ2) is 11.0. The first-order valence-corrected chi connectivity index (χ1v) is 6.17. The van der Waals surface area contributed by atoms with Gasteiger partial charge in [0, 0.05) is 5.41 Å². The summed E-state index contributed by atoms with van der Waals surface area (Å²) < 4.78 is 13.2. The highest BCUT2D eigenvalue weighted by atomic mass is 35.5. The third-order valence-corrected chi connectivity index (χ3v) is 2.05. The molecule has 0 spiro atoms. The Morgan fingerprint density at radius 1 is 1.53 bits per heavy atom. The van der Waals surface area contributed by atoms with Crippen LogP contribution in [0.4, 0.5) is 0 Å². The molecule has 0 aliphatic carbocycles. The molecule has 0 aromatic heterocycles. The number of nitrogens with zero attached hydrogens (tertiary/aromatic N) is 1. The Kier molecular flexibility index (Phi) is 14.3. The third kappa shape index (κ3) is 25.9. The molecule has 0 amide bonds. The molecule has 0 aromatic carbocycles. The smallest absolute Gasteiger partial charge is 0.396 e. The standard InChI is InChI=1S/C5H10Cl2O2.CH2N2.H3O4P/c1-5(2,3-8)4(6)9-7;2-1-3;1-5(2,3)4/h4,8H,3H2,1-2H3;2H2;(H3,1,2,3,4). The number of aliphatic hydroxyl groups is 1. The zero-order valence-corrected chi connectivity index (χ0v) is 11.5. The summed E-state index contributed by atoms with van der Waals surface area (Å²) >= 11 is 10.5. The van der Waals surface area contributed by atoms with E-state index in [-0.39, 0.29) is 6.61 Å². The average molecular weight is 313 g/mol. The highest BCUT2D eigenvalue weighted by Crippen LogP contribution is 2.26. The van der Waals surface area contributed by atoms with E-state index in [1.54, 1.807) is 13.8 Å². The van der Waals surface area contributed by atoms with Crippen molar-refractivity contribution in [2.45, 2.75) is 19.4 Å². The van der Waals surface area contributed by atoms with Crippen molar-refractivity contribution in [3.8, 4) is 6.19 Å². The number of nitrogens with two attached hydrogens (primary N) is 1. The van der Waals surface area contributed by atoms with Crippen molar-refractivity contribution in [1.29, 1.82) is 5.26 Å². The van der Waals surface area contributed by atoms with Gasteiger partial charge in [-0.25, -0.2) is 4.57 Å². The molecule has 0 radical (unpaired) electrons. The minimum Gasteiger partial charge on any atom is -0.396 e. The first-order valence-electron chi connectivity index (χ1n) is 3.86. The Morgan fingerprint density at radius 2 is 1.76 bits per heavy atom. The van der Waals surface area contributed by atoms with Gasteiger partial charge in [-0.15, -0.1) is 0 Å². The second-order valence-corrected chi connectivity index (χ2v) is 4.80. The molecule has 0 heterocycles. The molecule has 11 heteroatoms. The summed E-state index contributed by atoms with van der Waals surface area (Å²) in [6, 6.07) is 0. The van der Waals surface area contributed by atoms with Gasteiger partial charge in [0.25, 0.3) is 0 Å². The van der Waals surface area contributed by atoms with Gasteiger partial charge in [0.15, 0.2) is 11.8 Å². The summed E-state index contributed by atoms with van der Waals surface area (Å²) in [6.45, 7) is 3.47. The molecule has 8 nitrogen and oxygen atoms in total.